The number of rotatable bonds is 5. The van der Waals surface area contributed by atoms with E-state index in [0.29, 0.717) is 0 Å². The van der Waals surface area contributed by atoms with Crippen LogP contribution in [0.5, 0.6) is 0 Å². The first-order valence-electron chi connectivity index (χ1n) is 7.34. The van der Waals surface area contributed by atoms with Crippen molar-refractivity contribution in [2.75, 3.05) is 7.05 Å². The predicted octanol–water partition coefficient (Wildman–Crippen LogP) is 5.54. The van der Waals surface area contributed by atoms with Crippen LogP contribution >= 0.6 is 27.5 Å². The lowest BCUT2D eigenvalue weighted by molar-refractivity contribution is 0.682. The first-order valence-corrected chi connectivity index (χ1v) is 8.51. The summed E-state index contributed by atoms with van der Waals surface area (Å²) in [5, 5.41) is 4.19. The van der Waals surface area contributed by atoms with Gasteiger partial charge in [0.25, 0.3) is 0 Å². The molecule has 1 nitrogen and oxygen atoms in total. The molecule has 2 rings (SSSR count). The highest BCUT2D eigenvalue weighted by molar-refractivity contribution is 9.10. The molecule has 0 amide bonds. The molecule has 0 saturated carbocycles. The van der Waals surface area contributed by atoms with E-state index in [1.54, 1.807) is 0 Å². The normalized spacial score (nSPS) is 12.4. The van der Waals surface area contributed by atoms with Gasteiger partial charge < -0.3 is 5.32 Å². The third-order valence-corrected chi connectivity index (χ3v) is 4.49. The molecular formula is C18H21BrClN. The lowest BCUT2D eigenvalue weighted by Gasteiger charge is -2.22. The number of halogens is 2. The van der Waals surface area contributed by atoms with Crippen molar-refractivity contribution in [3.05, 3.63) is 68.1 Å². The maximum atomic E-state index is 6.21. The SMILES string of the molecule is CCc1ccc(CC)c(C(NC)c2cc(Cl)cc(Br)c2)c1. The fourth-order valence-electron chi connectivity index (χ4n) is 2.70. The second-order valence-electron chi connectivity index (χ2n) is 5.16. The molecule has 0 aromatic heterocycles. The van der Waals surface area contributed by atoms with Crippen LogP contribution in [0.1, 0.15) is 42.1 Å². The summed E-state index contributed by atoms with van der Waals surface area (Å²) in [5.74, 6) is 0. The molecule has 2 aromatic carbocycles. The minimum atomic E-state index is 0.154. The van der Waals surface area contributed by atoms with Crippen LogP contribution in [0, 0.1) is 0 Å². The van der Waals surface area contributed by atoms with Crippen molar-refractivity contribution < 1.29 is 0 Å². The Morgan fingerprint density at radius 2 is 1.86 bits per heavy atom. The monoisotopic (exact) mass is 365 g/mol. The van der Waals surface area contributed by atoms with Gasteiger partial charge in [-0.1, -0.05) is 59.6 Å². The van der Waals surface area contributed by atoms with Crippen LogP contribution in [0.3, 0.4) is 0 Å². The maximum Gasteiger partial charge on any atom is 0.0578 e. The Hall–Kier alpha value is -0.830. The molecule has 3 heteroatoms. The zero-order valence-corrected chi connectivity index (χ0v) is 15.1. The first-order chi connectivity index (χ1) is 10.1. The number of aryl methyl sites for hydroxylation is 2. The minimum absolute atomic E-state index is 0.154. The van der Waals surface area contributed by atoms with Crippen molar-refractivity contribution in [1.82, 2.24) is 5.32 Å². The summed E-state index contributed by atoms with van der Waals surface area (Å²) in [6.07, 6.45) is 2.08. The molecule has 0 fully saturated rings. The van der Waals surface area contributed by atoms with Gasteiger partial charge in [0.1, 0.15) is 0 Å². The first kappa shape index (κ1) is 16.5. The van der Waals surface area contributed by atoms with Crippen LogP contribution in [0.15, 0.2) is 40.9 Å². The highest BCUT2D eigenvalue weighted by Gasteiger charge is 2.16. The Bertz CT molecular complexity index is 604. The van der Waals surface area contributed by atoms with E-state index in [1.807, 2.05) is 19.2 Å². The molecule has 112 valence electrons. The van der Waals surface area contributed by atoms with Gasteiger partial charge in [-0.15, -0.1) is 0 Å². The zero-order valence-electron chi connectivity index (χ0n) is 12.7. The van der Waals surface area contributed by atoms with Gasteiger partial charge in [0.05, 0.1) is 6.04 Å². The quantitative estimate of drug-likeness (QED) is 0.733. The van der Waals surface area contributed by atoms with Crippen LogP contribution < -0.4 is 5.32 Å². The van der Waals surface area contributed by atoms with Crippen molar-refractivity contribution in [3.63, 3.8) is 0 Å². The molecule has 1 atom stereocenters. The summed E-state index contributed by atoms with van der Waals surface area (Å²) in [7, 11) is 2.00. The van der Waals surface area contributed by atoms with Crippen molar-refractivity contribution in [2.24, 2.45) is 0 Å². The van der Waals surface area contributed by atoms with Crippen molar-refractivity contribution in [3.8, 4) is 0 Å². The average Bonchev–Trinajstić information content (AvgIpc) is 2.47. The summed E-state index contributed by atoms with van der Waals surface area (Å²) < 4.78 is 1.01. The minimum Gasteiger partial charge on any atom is -0.309 e. The van der Waals surface area contributed by atoms with Gasteiger partial charge in [-0.05, 0) is 60.3 Å². The van der Waals surface area contributed by atoms with Crippen LogP contribution in [-0.4, -0.2) is 7.05 Å². The number of nitrogens with one attached hydrogen (secondary N) is 1. The molecule has 1 N–H and O–H groups in total. The Morgan fingerprint density at radius 3 is 2.43 bits per heavy atom. The largest absolute Gasteiger partial charge is 0.309 e. The van der Waals surface area contributed by atoms with E-state index in [1.165, 1.54) is 22.3 Å². The number of benzene rings is 2. The van der Waals surface area contributed by atoms with E-state index in [-0.39, 0.29) is 6.04 Å². The van der Waals surface area contributed by atoms with Crippen LogP contribution in [0.4, 0.5) is 0 Å². The van der Waals surface area contributed by atoms with E-state index >= 15 is 0 Å². The highest BCUT2D eigenvalue weighted by Crippen LogP contribution is 2.30. The van der Waals surface area contributed by atoms with Crippen LogP contribution in [0.25, 0.3) is 0 Å². The summed E-state index contributed by atoms with van der Waals surface area (Å²) in [5.41, 5.74) is 5.26. The lowest BCUT2D eigenvalue weighted by atomic mass is 9.91. The summed E-state index contributed by atoms with van der Waals surface area (Å²) in [6, 6.07) is 13.0. The molecule has 0 aliphatic rings. The Kier molecular flexibility index (Phi) is 5.86. The second kappa shape index (κ2) is 7.44. The zero-order chi connectivity index (χ0) is 15.4. The molecule has 0 aliphatic heterocycles. The summed E-state index contributed by atoms with van der Waals surface area (Å²) in [6.45, 7) is 4.39. The topological polar surface area (TPSA) is 12.0 Å². The third-order valence-electron chi connectivity index (χ3n) is 3.82. The Balaban J connectivity index is 2.54. The molecule has 0 saturated heterocycles. The van der Waals surface area contributed by atoms with Gasteiger partial charge >= 0.3 is 0 Å². The fraction of sp³-hybridized carbons (Fsp3) is 0.333. The van der Waals surface area contributed by atoms with E-state index in [0.717, 1.165) is 22.3 Å². The van der Waals surface area contributed by atoms with Gasteiger partial charge in [0, 0.05) is 9.50 Å². The molecule has 0 heterocycles. The highest BCUT2D eigenvalue weighted by atomic mass is 79.9. The van der Waals surface area contributed by atoms with E-state index in [4.69, 9.17) is 11.6 Å². The molecular weight excluding hydrogens is 346 g/mol. The Labute approximate surface area is 140 Å². The van der Waals surface area contributed by atoms with E-state index in [9.17, 15) is 0 Å². The second-order valence-corrected chi connectivity index (χ2v) is 6.52. The molecule has 0 spiro atoms. The van der Waals surface area contributed by atoms with Gasteiger partial charge in [-0.2, -0.15) is 0 Å². The van der Waals surface area contributed by atoms with Gasteiger partial charge in [0.2, 0.25) is 0 Å². The van der Waals surface area contributed by atoms with Gasteiger partial charge in [-0.25, -0.2) is 0 Å². The summed E-state index contributed by atoms with van der Waals surface area (Å²) in [4.78, 5) is 0. The fourth-order valence-corrected chi connectivity index (χ4v) is 3.58. The average molecular weight is 367 g/mol. The van der Waals surface area contributed by atoms with Crippen LogP contribution in [0.2, 0.25) is 5.02 Å². The van der Waals surface area contributed by atoms with Crippen molar-refractivity contribution in [2.45, 2.75) is 32.7 Å². The summed E-state index contributed by atoms with van der Waals surface area (Å²) >= 11 is 9.75. The number of hydrogen-bond acceptors (Lipinski definition) is 1. The van der Waals surface area contributed by atoms with Crippen molar-refractivity contribution >= 4 is 27.5 Å². The smallest absolute Gasteiger partial charge is 0.0578 e. The maximum absolute atomic E-state index is 6.21. The molecule has 0 aliphatic carbocycles. The standard InChI is InChI=1S/C18H21BrClN/c1-4-12-6-7-13(5-2)17(8-12)18(21-3)14-9-15(19)11-16(20)10-14/h6-11,18,21H,4-5H2,1-3H3. The predicted molar refractivity (Wildman–Crippen MR) is 95.3 cm³/mol. The van der Waals surface area contributed by atoms with E-state index in [2.05, 4.69) is 59.4 Å². The van der Waals surface area contributed by atoms with Gasteiger partial charge in [0.15, 0.2) is 0 Å². The van der Waals surface area contributed by atoms with Crippen molar-refractivity contribution in [1.29, 1.82) is 0 Å². The molecule has 2 aromatic rings. The van der Waals surface area contributed by atoms with Crippen LogP contribution in [-0.2, 0) is 12.8 Å². The number of hydrogen-bond donors (Lipinski definition) is 1. The Morgan fingerprint density at radius 1 is 1.10 bits per heavy atom. The molecule has 21 heavy (non-hydrogen) atoms. The lowest BCUT2D eigenvalue weighted by Crippen LogP contribution is -2.19. The van der Waals surface area contributed by atoms with Gasteiger partial charge in [-0.3, -0.25) is 0 Å². The third kappa shape index (κ3) is 3.88. The van der Waals surface area contributed by atoms with E-state index < -0.39 is 0 Å². The molecule has 1 unspecified atom stereocenters. The molecule has 0 radical (unpaired) electrons. The molecule has 0 bridgehead atoms.